The van der Waals surface area contributed by atoms with Crippen LogP contribution in [0.5, 0.6) is 0 Å². The van der Waals surface area contributed by atoms with Gasteiger partial charge in [-0.1, -0.05) is 20.3 Å². The number of carbonyl (C=O) groups is 1. The maximum Gasteiger partial charge on any atom is 0.222 e. The predicted octanol–water partition coefficient (Wildman–Crippen LogP) is 1.28. The minimum atomic E-state index is 0.153. The molecule has 0 heterocycles. The average Bonchev–Trinajstić information content (AvgIpc) is 2.20. The molecule has 0 aliphatic heterocycles. The van der Waals surface area contributed by atoms with Crippen LogP contribution in [0.1, 0.15) is 39.5 Å². The van der Waals surface area contributed by atoms with E-state index >= 15 is 0 Å². The molecule has 0 bridgehead atoms. The Morgan fingerprint density at radius 1 is 1.38 bits per heavy atom. The van der Waals surface area contributed by atoms with Crippen LogP contribution in [0.3, 0.4) is 0 Å². The predicted molar refractivity (Wildman–Crippen MR) is 55.3 cm³/mol. The van der Waals surface area contributed by atoms with Gasteiger partial charge in [0.1, 0.15) is 0 Å². The summed E-state index contributed by atoms with van der Waals surface area (Å²) in [5, 5.41) is 2.66. The molecule has 3 heteroatoms. The van der Waals surface area contributed by atoms with Gasteiger partial charge in [-0.2, -0.15) is 0 Å². The van der Waals surface area contributed by atoms with Gasteiger partial charge >= 0.3 is 0 Å². The molecule has 2 unspecified atom stereocenters. The Labute approximate surface area is 81.1 Å². The van der Waals surface area contributed by atoms with Crippen molar-refractivity contribution in [2.45, 2.75) is 45.6 Å². The molecule has 3 N–H and O–H groups in total. The van der Waals surface area contributed by atoms with Crippen LogP contribution in [-0.2, 0) is 4.79 Å². The van der Waals surface area contributed by atoms with Crippen molar-refractivity contribution >= 4 is 5.91 Å². The van der Waals surface area contributed by atoms with E-state index < -0.39 is 0 Å². The van der Waals surface area contributed by atoms with Gasteiger partial charge in [0.15, 0.2) is 0 Å². The molecule has 0 aromatic rings. The number of amides is 1. The SMILES string of the molecule is CC.CNC(=O)C1CCCC(N)C1. The first kappa shape index (κ1) is 12.4. The van der Waals surface area contributed by atoms with E-state index in [4.69, 9.17) is 5.73 Å². The third kappa shape index (κ3) is 4.27. The third-order valence-electron chi connectivity index (χ3n) is 2.33. The summed E-state index contributed by atoms with van der Waals surface area (Å²) >= 11 is 0. The summed E-state index contributed by atoms with van der Waals surface area (Å²) in [4.78, 5) is 11.1. The van der Waals surface area contributed by atoms with Crippen LogP contribution in [0.15, 0.2) is 0 Å². The highest BCUT2D eigenvalue weighted by Gasteiger charge is 2.23. The molecule has 1 amide bonds. The van der Waals surface area contributed by atoms with Crippen molar-refractivity contribution in [1.29, 1.82) is 0 Å². The molecule has 0 aromatic heterocycles. The van der Waals surface area contributed by atoms with Crippen LogP contribution in [0.2, 0.25) is 0 Å². The van der Waals surface area contributed by atoms with Crippen molar-refractivity contribution in [2.75, 3.05) is 7.05 Å². The van der Waals surface area contributed by atoms with Crippen LogP contribution in [0.4, 0.5) is 0 Å². The maximum absolute atomic E-state index is 11.1. The average molecular weight is 186 g/mol. The minimum Gasteiger partial charge on any atom is -0.359 e. The van der Waals surface area contributed by atoms with Crippen molar-refractivity contribution in [3.63, 3.8) is 0 Å². The lowest BCUT2D eigenvalue weighted by atomic mass is 9.86. The highest BCUT2D eigenvalue weighted by atomic mass is 16.1. The van der Waals surface area contributed by atoms with Crippen molar-refractivity contribution in [1.82, 2.24) is 5.32 Å². The first-order valence-corrected chi connectivity index (χ1v) is 5.21. The fraction of sp³-hybridized carbons (Fsp3) is 0.900. The van der Waals surface area contributed by atoms with E-state index in [2.05, 4.69) is 5.32 Å². The lowest BCUT2D eigenvalue weighted by Gasteiger charge is -2.24. The number of nitrogens with one attached hydrogen (secondary N) is 1. The zero-order chi connectivity index (χ0) is 10.3. The molecule has 13 heavy (non-hydrogen) atoms. The van der Waals surface area contributed by atoms with Crippen molar-refractivity contribution in [3.8, 4) is 0 Å². The van der Waals surface area contributed by atoms with Crippen molar-refractivity contribution in [3.05, 3.63) is 0 Å². The largest absolute Gasteiger partial charge is 0.359 e. The van der Waals surface area contributed by atoms with Gasteiger partial charge in [-0.05, 0) is 19.3 Å². The number of hydrogen-bond donors (Lipinski definition) is 2. The molecule has 78 valence electrons. The second-order valence-corrected chi connectivity index (χ2v) is 3.24. The van der Waals surface area contributed by atoms with Crippen molar-refractivity contribution in [2.24, 2.45) is 11.7 Å². The highest BCUT2D eigenvalue weighted by molar-refractivity contribution is 5.78. The number of carbonyl (C=O) groups excluding carboxylic acids is 1. The zero-order valence-electron chi connectivity index (χ0n) is 8.97. The van der Waals surface area contributed by atoms with Gasteiger partial charge in [-0.25, -0.2) is 0 Å². The fourth-order valence-corrected chi connectivity index (χ4v) is 1.67. The van der Waals surface area contributed by atoms with Crippen molar-refractivity contribution < 1.29 is 4.79 Å². The first-order valence-electron chi connectivity index (χ1n) is 5.21. The number of nitrogens with two attached hydrogens (primary N) is 1. The van der Waals surface area contributed by atoms with E-state index in [1.807, 2.05) is 13.8 Å². The van der Waals surface area contributed by atoms with E-state index in [0.717, 1.165) is 25.7 Å². The molecule has 0 radical (unpaired) electrons. The topological polar surface area (TPSA) is 55.1 Å². The molecule has 1 rings (SSSR count). The minimum absolute atomic E-state index is 0.153. The van der Waals surface area contributed by atoms with E-state index in [0.29, 0.717) is 0 Å². The van der Waals surface area contributed by atoms with Crippen LogP contribution < -0.4 is 11.1 Å². The summed E-state index contributed by atoms with van der Waals surface area (Å²) in [5.41, 5.74) is 5.74. The third-order valence-corrected chi connectivity index (χ3v) is 2.33. The molecule has 0 saturated heterocycles. The molecular weight excluding hydrogens is 164 g/mol. The lowest BCUT2D eigenvalue weighted by Crippen LogP contribution is -2.36. The molecule has 0 spiro atoms. The first-order chi connectivity index (χ1) is 6.24. The summed E-state index contributed by atoms with van der Waals surface area (Å²) in [5.74, 6) is 0.323. The molecule has 2 atom stereocenters. The van der Waals surface area contributed by atoms with E-state index in [1.165, 1.54) is 0 Å². The molecule has 0 aromatic carbocycles. The Kier molecular flexibility index (Phi) is 6.59. The van der Waals surface area contributed by atoms with E-state index in [-0.39, 0.29) is 17.9 Å². The van der Waals surface area contributed by atoms with E-state index in [9.17, 15) is 4.79 Å². The summed E-state index contributed by atoms with van der Waals surface area (Å²) in [6.45, 7) is 4.00. The van der Waals surface area contributed by atoms with Gasteiger partial charge in [-0.3, -0.25) is 4.79 Å². The lowest BCUT2D eigenvalue weighted by molar-refractivity contribution is -0.125. The molecule has 1 aliphatic carbocycles. The second kappa shape index (κ2) is 6.89. The molecule has 1 saturated carbocycles. The quantitative estimate of drug-likeness (QED) is 0.648. The van der Waals surface area contributed by atoms with Gasteiger partial charge in [-0.15, -0.1) is 0 Å². The van der Waals surface area contributed by atoms with Gasteiger partial charge in [0, 0.05) is 19.0 Å². The van der Waals surface area contributed by atoms with Crippen LogP contribution in [0.25, 0.3) is 0 Å². The van der Waals surface area contributed by atoms with Crippen LogP contribution >= 0.6 is 0 Å². The Morgan fingerprint density at radius 2 is 2.00 bits per heavy atom. The molecule has 1 aliphatic rings. The second-order valence-electron chi connectivity index (χ2n) is 3.24. The van der Waals surface area contributed by atoms with E-state index in [1.54, 1.807) is 7.05 Å². The molecular formula is C10H22N2O. The Balaban J connectivity index is 0.000000671. The number of hydrogen-bond acceptors (Lipinski definition) is 2. The normalized spacial score (nSPS) is 27.1. The summed E-state index contributed by atoms with van der Waals surface area (Å²) in [7, 11) is 1.68. The van der Waals surface area contributed by atoms with Crippen LogP contribution in [0, 0.1) is 5.92 Å². The standard InChI is InChI=1S/C8H16N2O.C2H6/c1-10-8(11)6-3-2-4-7(9)5-6;1-2/h6-7H,2-5,9H2,1H3,(H,10,11);1-2H3. The maximum atomic E-state index is 11.1. The Hall–Kier alpha value is -0.570. The zero-order valence-corrected chi connectivity index (χ0v) is 8.97. The summed E-state index contributed by atoms with van der Waals surface area (Å²) in [6.07, 6.45) is 4.04. The number of rotatable bonds is 1. The summed E-state index contributed by atoms with van der Waals surface area (Å²) in [6, 6.07) is 0.242. The van der Waals surface area contributed by atoms with Gasteiger partial charge in [0.25, 0.3) is 0 Å². The Morgan fingerprint density at radius 3 is 2.46 bits per heavy atom. The highest BCUT2D eigenvalue weighted by Crippen LogP contribution is 2.22. The van der Waals surface area contributed by atoms with Gasteiger partial charge in [0.05, 0.1) is 0 Å². The smallest absolute Gasteiger partial charge is 0.222 e. The fourth-order valence-electron chi connectivity index (χ4n) is 1.67. The van der Waals surface area contributed by atoms with Gasteiger partial charge in [0.2, 0.25) is 5.91 Å². The van der Waals surface area contributed by atoms with Gasteiger partial charge < -0.3 is 11.1 Å². The monoisotopic (exact) mass is 186 g/mol. The molecule has 1 fully saturated rings. The van der Waals surface area contributed by atoms with Crippen LogP contribution in [-0.4, -0.2) is 19.0 Å². The Bertz CT molecular complexity index is 148. The summed E-state index contributed by atoms with van der Waals surface area (Å²) < 4.78 is 0. The molecule has 3 nitrogen and oxygen atoms in total.